The maximum absolute atomic E-state index is 5.98. The minimum Gasteiger partial charge on any atom is -0.473 e. The molecular formula is C21H19N5OS. The molecule has 5 rings (SSSR count). The van der Waals surface area contributed by atoms with Crippen molar-refractivity contribution in [1.29, 1.82) is 0 Å². The Kier molecular flexibility index (Phi) is 4.58. The van der Waals surface area contributed by atoms with Crippen molar-refractivity contribution in [2.24, 2.45) is 0 Å². The van der Waals surface area contributed by atoms with Crippen LogP contribution in [-0.4, -0.2) is 39.1 Å². The van der Waals surface area contributed by atoms with E-state index in [1.54, 1.807) is 29.9 Å². The van der Waals surface area contributed by atoms with Gasteiger partial charge >= 0.3 is 0 Å². The van der Waals surface area contributed by atoms with Crippen molar-refractivity contribution in [3.8, 4) is 17.3 Å². The van der Waals surface area contributed by atoms with Gasteiger partial charge in [0.25, 0.3) is 0 Å². The molecule has 1 aliphatic heterocycles. The van der Waals surface area contributed by atoms with Crippen LogP contribution in [0.15, 0.2) is 59.7 Å². The second-order valence-electron chi connectivity index (χ2n) is 6.75. The Hall–Kier alpha value is -3.06. The van der Waals surface area contributed by atoms with Crippen molar-refractivity contribution < 1.29 is 4.74 Å². The fourth-order valence-electron chi connectivity index (χ4n) is 3.52. The van der Waals surface area contributed by atoms with Crippen LogP contribution in [0.1, 0.15) is 12.8 Å². The van der Waals surface area contributed by atoms with Gasteiger partial charge in [-0.15, -0.1) is 0 Å². The molecule has 0 bridgehead atoms. The van der Waals surface area contributed by atoms with E-state index in [1.165, 1.54) is 0 Å². The average molecular weight is 389 g/mol. The zero-order chi connectivity index (χ0) is 18.8. The molecule has 4 heterocycles. The van der Waals surface area contributed by atoms with Gasteiger partial charge in [0.05, 0.1) is 11.7 Å². The standard InChI is InChI=1S/C21H19N5OS/c1-2-4-18-17(3-1)21(25-20(24-18)15-7-12-28-14-15)26-10-5-16(6-11-26)27-19-13-22-8-9-23-19/h1-4,7-9,12-14,16H,5-6,10-11H2. The van der Waals surface area contributed by atoms with Gasteiger partial charge in [-0.3, -0.25) is 4.98 Å². The molecule has 0 aliphatic carbocycles. The maximum atomic E-state index is 5.98. The molecule has 1 fully saturated rings. The monoisotopic (exact) mass is 389 g/mol. The summed E-state index contributed by atoms with van der Waals surface area (Å²) in [5.41, 5.74) is 2.05. The number of ether oxygens (including phenoxy) is 1. The highest BCUT2D eigenvalue weighted by atomic mass is 32.1. The topological polar surface area (TPSA) is 64.0 Å². The van der Waals surface area contributed by atoms with Gasteiger partial charge in [0, 0.05) is 54.7 Å². The molecule has 0 spiro atoms. The van der Waals surface area contributed by atoms with Crippen LogP contribution in [0.5, 0.6) is 5.88 Å². The molecule has 4 aromatic rings. The second-order valence-corrected chi connectivity index (χ2v) is 7.53. The molecule has 0 unspecified atom stereocenters. The van der Waals surface area contributed by atoms with Crippen LogP contribution in [-0.2, 0) is 0 Å². The quantitative estimate of drug-likeness (QED) is 0.521. The number of thiophene rings is 1. The fourth-order valence-corrected chi connectivity index (χ4v) is 4.16. The summed E-state index contributed by atoms with van der Waals surface area (Å²) in [6, 6.07) is 10.3. The Balaban J connectivity index is 1.40. The first kappa shape index (κ1) is 17.1. The summed E-state index contributed by atoms with van der Waals surface area (Å²) in [4.78, 5) is 20.3. The van der Waals surface area contributed by atoms with Crippen molar-refractivity contribution in [2.75, 3.05) is 18.0 Å². The zero-order valence-electron chi connectivity index (χ0n) is 15.2. The van der Waals surface area contributed by atoms with Crippen LogP contribution < -0.4 is 9.64 Å². The molecule has 3 aromatic heterocycles. The molecule has 1 saturated heterocycles. The van der Waals surface area contributed by atoms with Crippen LogP contribution in [0, 0.1) is 0 Å². The van der Waals surface area contributed by atoms with Crippen LogP contribution in [0.3, 0.4) is 0 Å². The van der Waals surface area contributed by atoms with Gasteiger partial charge in [-0.2, -0.15) is 11.3 Å². The summed E-state index contributed by atoms with van der Waals surface area (Å²) < 4.78 is 5.98. The normalized spacial score (nSPS) is 15.1. The number of hydrogen-bond donors (Lipinski definition) is 0. The van der Waals surface area contributed by atoms with E-state index < -0.39 is 0 Å². The number of benzene rings is 1. The highest BCUT2D eigenvalue weighted by Gasteiger charge is 2.24. The van der Waals surface area contributed by atoms with Crippen LogP contribution in [0.2, 0.25) is 0 Å². The first-order chi connectivity index (χ1) is 13.9. The Morgan fingerprint density at radius 2 is 1.93 bits per heavy atom. The predicted molar refractivity (Wildman–Crippen MR) is 111 cm³/mol. The van der Waals surface area contributed by atoms with Gasteiger partial charge in [-0.05, 0) is 23.6 Å². The third kappa shape index (κ3) is 3.41. The Labute approximate surface area is 166 Å². The van der Waals surface area contributed by atoms with Crippen LogP contribution in [0.4, 0.5) is 5.82 Å². The lowest BCUT2D eigenvalue weighted by atomic mass is 10.1. The molecule has 140 valence electrons. The van der Waals surface area contributed by atoms with Gasteiger partial charge in [-0.25, -0.2) is 15.0 Å². The first-order valence-electron chi connectivity index (χ1n) is 9.34. The molecule has 7 heteroatoms. The summed E-state index contributed by atoms with van der Waals surface area (Å²) in [5, 5.41) is 5.24. The van der Waals surface area contributed by atoms with E-state index in [-0.39, 0.29) is 6.10 Å². The molecule has 0 saturated carbocycles. The van der Waals surface area contributed by atoms with Crippen molar-refractivity contribution in [2.45, 2.75) is 18.9 Å². The number of anilines is 1. The van der Waals surface area contributed by atoms with Crippen LogP contribution in [0.25, 0.3) is 22.3 Å². The Morgan fingerprint density at radius 1 is 1.04 bits per heavy atom. The number of para-hydroxylation sites is 1. The summed E-state index contributed by atoms with van der Waals surface area (Å²) in [6.45, 7) is 1.77. The van der Waals surface area contributed by atoms with Gasteiger partial charge < -0.3 is 9.64 Å². The van der Waals surface area contributed by atoms with E-state index in [2.05, 4.69) is 43.8 Å². The number of aromatic nitrogens is 4. The van der Waals surface area contributed by atoms with Gasteiger partial charge in [0.15, 0.2) is 5.82 Å². The number of piperidine rings is 1. The SMILES string of the molecule is c1ccc2c(N3CCC(Oc4cnccn4)CC3)nc(-c3ccsc3)nc2c1. The molecule has 6 nitrogen and oxygen atoms in total. The smallest absolute Gasteiger partial charge is 0.232 e. The maximum Gasteiger partial charge on any atom is 0.232 e. The van der Waals surface area contributed by atoms with E-state index in [9.17, 15) is 0 Å². The molecule has 0 radical (unpaired) electrons. The fraction of sp³-hybridized carbons (Fsp3) is 0.238. The molecular weight excluding hydrogens is 370 g/mol. The number of fused-ring (bicyclic) bond motifs is 1. The molecule has 28 heavy (non-hydrogen) atoms. The highest BCUT2D eigenvalue weighted by Crippen LogP contribution is 2.30. The van der Waals surface area contributed by atoms with Gasteiger partial charge in [-0.1, -0.05) is 12.1 Å². The van der Waals surface area contributed by atoms with Crippen molar-refractivity contribution in [1.82, 2.24) is 19.9 Å². The number of nitrogens with zero attached hydrogens (tertiary/aromatic N) is 5. The lowest BCUT2D eigenvalue weighted by Crippen LogP contribution is -2.39. The summed E-state index contributed by atoms with van der Waals surface area (Å²) in [7, 11) is 0. The minimum absolute atomic E-state index is 0.150. The van der Waals surface area contributed by atoms with E-state index in [4.69, 9.17) is 14.7 Å². The molecule has 1 aliphatic rings. The summed E-state index contributed by atoms with van der Waals surface area (Å²) in [6.07, 6.45) is 6.96. The van der Waals surface area contributed by atoms with Crippen molar-refractivity contribution in [3.05, 3.63) is 59.7 Å². The van der Waals surface area contributed by atoms with Crippen molar-refractivity contribution >= 4 is 28.1 Å². The third-order valence-electron chi connectivity index (χ3n) is 4.93. The number of hydrogen-bond acceptors (Lipinski definition) is 7. The lowest BCUT2D eigenvalue weighted by molar-refractivity contribution is 0.163. The highest BCUT2D eigenvalue weighted by molar-refractivity contribution is 7.08. The van der Waals surface area contributed by atoms with Gasteiger partial charge in [0.1, 0.15) is 11.9 Å². The largest absolute Gasteiger partial charge is 0.473 e. The lowest BCUT2D eigenvalue weighted by Gasteiger charge is -2.33. The Morgan fingerprint density at radius 3 is 2.71 bits per heavy atom. The molecule has 1 aromatic carbocycles. The van der Waals surface area contributed by atoms with Gasteiger partial charge in [0.2, 0.25) is 5.88 Å². The first-order valence-corrected chi connectivity index (χ1v) is 10.3. The predicted octanol–water partition coefficient (Wildman–Crippen LogP) is 4.20. The number of rotatable bonds is 4. The van der Waals surface area contributed by atoms with E-state index in [0.29, 0.717) is 5.88 Å². The summed E-state index contributed by atoms with van der Waals surface area (Å²) >= 11 is 1.66. The Bertz CT molecular complexity index is 1060. The average Bonchev–Trinajstić information content (AvgIpc) is 3.29. The van der Waals surface area contributed by atoms with Crippen molar-refractivity contribution in [3.63, 3.8) is 0 Å². The van der Waals surface area contributed by atoms with E-state index in [0.717, 1.165) is 54.0 Å². The third-order valence-corrected chi connectivity index (χ3v) is 5.61. The molecule has 0 atom stereocenters. The molecule has 0 amide bonds. The van der Waals surface area contributed by atoms with Crippen LogP contribution >= 0.6 is 11.3 Å². The minimum atomic E-state index is 0.150. The van der Waals surface area contributed by atoms with E-state index in [1.807, 2.05) is 12.1 Å². The second kappa shape index (κ2) is 7.52. The molecule has 0 N–H and O–H groups in total. The summed E-state index contributed by atoms with van der Waals surface area (Å²) in [5.74, 6) is 2.38. The zero-order valence-corrected chi connectivity index (χ0v) is 16.0. The van der Waals surface area contributed by atoms with E-state index >= 15 is 0 Å².